The van der Waals surface area contributed by atoms with Gasteiger partial charge in [0.15, 0.2) is 0 Å². The molecule has 1 N–H and O–H groups in total. The first-order valence-electron chi connectivity index (χ1n) is 6.21. The zero-order valence-electron chi connectivity index (χ0n) is 11.0. The third-order valence-electron chi connectivity index (χ3n) is 2.66. The number of hydrogen-bond donors (Lipinski definition) is 1. The first kappa shape index (κ1) is 15.2. The number of anilines is 1. The van der Waals surface area contributed by atoms with E-state index in [0.29, 0.717) is 19.4 Å². The zero-order valence-corrected chi connectivity index (χ0v) is 11.0. The number of carbonyl (C=O) groups is 2. The molecule has 0 bridgehead atoms. The minimum atomic E-state index is -0.911. The molecule has 19 heavy (non-hydrogen) atoms. The number of hydrogen-bond acceptors (Lipinski definition) is 3. The summed E-state index contributed by atoms with van der Waals surface area (Å²) in [6.45, 7) is 0.707. The Hall–Kier alpha value is -1.88. The van der Waals surface area contributed by atoms with Crippen LogP contribution in [0.5, 0.6) is 0 Å². The van der Waals surface area contributed by atoms with Gasteiger partial charge < -0.3 is 14.7 Å². The van der Waals surface area contributed by atoms with Crippen LogP contribution in [0.3, 0.4) is 0 Å². The van der Waals surface area contributed by atoms with Crippen molar-refractivity contribution in [2.24, 2.45) is 0 Å². The molecule has 104 valence electrons. The van der Waals surface area contributed by atoms with Crippen LogP contribution in [0.2, 0.25) is 0 Å². The fraction of sp³-hybridized carbons (Fsp3) is 0.429. The molecule has 0 unspecified atom stereocenters. The van der Waals surface area contributed by atoms with Crippen molar-refractivity contribution in [1.82, 2.24) is 0 Å². The summed E-state index contributed by atoms with van der Waals surface area (Å²) in [6, 6.07) is 9.11. The van der Waals surface area contributed by atoms with Crippen LogP contribution in [0.25, 0.3) is 0 Å². The predicted octanol–water partition coefficient (Wildman–Crippen LogP) is 1.92. The van der Waals surface area contributed by atoms with Gasteiger partial charge in [0.1, 0.15) is 0 Å². The highest BCUT2D eigenvalue weighted by molar-refractivity contribution is 5.93. The third-order valence-corrected chi connectivity index (χ3v) is 2.66. The van der Waals surface area contributed by atoms with Gasteiger partial charge in [0.2, 0.25) is 5.91 Å². The average molecular weight is 265 g/mol. The second-order valence-corrected chi connectivity index (χ2v) is 4.12. The van der Waals surface area contributed by atoms with Gasteiger partial charge in [-0.1, -0.05) is 18.2 Å². The minimum Gasteiger partial charge on any atom is -0.481 e. The van der Waals surface area contributed by atoms with Crippen LogP contribution in [0.4, 0.5) is 5.69 Å². The van der Waals surface area contributed by atoms with E-state index in [9.17, 15) is 9.59 Å². The Bertz CT molecular complexity index is 405. The van der Waals surface area contributed by atoms with Crippen LogP contribution >= 0.6 is 0 Å². The molecule has 1 amide bonds. The maximum atomic E-state index is 12.1. The molecule has 0 fully saturated rings. The number of ether oxygens (including phenoxy) is 1. The number of aliphatic carboxylic acids is 1. The first-order chi connectivity index (χ1) is 9.15. The van der Waals surface area contributed by atoms with E-state index >= 15 is 0 Å². The molecule has 5 heteroatoms. The second-order valence-electron chi connectivity index (χ2n) is 4.12. The van der Waals surface area contributed by atoms with Gasteiger partial charge in [0.05, 0.1) is 6.42 Å². The van der Waals surface area contributed by atoms with Gasteiger partial charge in [-0.05, 0) is 18.6 Å². The van der Waals surface area contributed by atoms with Crippen molar-refractivity contribution in [2.45, 2.75) is 19.3 Å². The molecule has 0 atom stereocenters. The Morgan fingerprint density at radius 3 is 2.47 bits per heavy atom. The second kappa shape index (κ2) is 8.26. The van der Waals surface area contributed by atoms with Crippen molar-refractivity contribution in [3.05, 3.63) is 30.3 Å². The van der Waals surface area contributed by atoms with Crippen LogP contribution in [-0.2, 0) is 14.3 Å². The van der Waals surface area contributed by atoms with Gasteiger partial charge in [-0.15, -0.1) is 0 Å². The quantitative estimate of drug-likeness (QED) is 0.729. The number of carboxylic acids is 1. The molecule has 0 aromatic heterocycles. The molecule has 0 heterocycles. The van der Waals surface area contributed by atoms with E-state index in [2.05, 4.69) is 0 Å². The van der Waals surface area contributed by atoms with Gasteiger partial charge in [-0.2, -0.15) is 0 Å². The smallest absolute Gasteiger partial charge is 0.305 e. The molecule has 5 nitrogen and oxygen atoms in total. The largest absolute Gasteiger partial charge is 0.481 e. The molecule has 0 aliphatic heterocycles. The van der Waals surface area contributed by atoms with Crippen molar-refractivity contribution in [2.75, 3.05) is 25.2 Å². The molecular weight excluding hydrogens is 246 g/mol. The molecule has 0 saturated heterocycles. The average Bonchev–Trinajstić information content (AvgIpc) is 2.40. The van der Waals surface area contributed by atoms with Gasteiger partial charge in [-0.3, -0.25) is 9.59 Å². The van der Waals surface area contributed by atoms with E-state index < -0.39 is 5.97 Å². The summed E-state index contributed by atoms with van der Waals surface area (Å²) in [5, 5.41) is 8.75. The van der Waals surface area contributed by atoms with E-state index in [1.165, 1.54) is 4.90 Å². The van der Waals surface area contributed by atoms with Crippen molar-refractivity contribution in [3.8, 4) is 0 Å². The summed E-state index contributed by atoms with van der Waals surface area (Å²) in [4.78, 5) is 24.3. The lowest BCUT2D eigenvalue weighted by molar-refractivity contribution is -0.136. The Labute approximate surface area is 112 Å². The molecule has 0 aliphatic rings. The maximum Gasteiger partial charge on any atom is 0.305 e. The highest BCUT2D eigenvalue weighted by Crippen LogP contribution is 2.15. The molecule has 1 rings (SSSR count). The number of methoxy groups -OCH3 is 1. The predicted molar refractivity (Wildman–Crippen MR) is 72.2 cm³/mol. The van der Waals surface area contributed by atoms with E-state index in [0.717, 1.165) is 5.69 Å². The summed E-state index contributed by atoms with van der Waals surface area (Å²) >= 11 is 0. The molecule has 0 aliphatic carbocycles. The topological polar surface area (TPSA) is 66.8 Å². The number of amides is 1. The lowest BCUT2D eigenvalue weighted by atomic mass is 10.2. The first-order valence-corrected chi connectivity index (χ1v) is 6.21. The standard InChI is InChI=1S/C14H19NO4/c1-19-11-5-8-13(16)15(10-9-14(17)18)12-6-3-2-4-7-12/h2-4,6-7H,5,8-11H2,1H3,(H,17,18). The molecule has 0 radical (unpaired) electrons. The van der Waals surface area contributed by atoms with Gasteiger partial charge in [-0.25, -0.2) is 0 Å². The van der Waals surface area contributed by atoms with E-state index in [1.807, 2.05) is 18.2 Å². The zero-order chi connectivity index (χ0) is 14.1. The fourth-order valence-electron chi connectivity index (χ4n) is 1.72. The molecule has 0 spiro atoms. The van der Waals surface area contributed by atoms with E-state index in [-0.39, 0.29) is 18.9 Å². The fourth-order valence-corrected chi connectivity index (χ4v) is 1.72. The van der Waals surface area contributed by atoms with Crippen LogP contribution in [0, 0.1) is 0 Å². The lowest BCUT2D eigenvalue weighted by Gasteiger charge is -2.22. The highest BCUT2D eigenvalue weighted by Gasteiger charge is 2.16. The Kier molecular flexibility index (Phi) is 6.60. The van der Waals surface area contributed by atoms with Crippen molar-refractivity contribution in [1.29, 1.82) is 0 Å². The highest BCUT2D eigenvalue weighted by atomic mass is 16.5. The van der Waals surface area contributed by atoms with Crippen molar-refractivity contribution in [3.63, 3.8) is 0 Å². The Balaban J connectivity index is 2.69. The normalized spacial score (nSPS) is 10.2. The Morgan fingerprint density at radius 2 is 1.89 bits per heavy atom. The van der Waals surface area contributed by atoms with Crippen LogP contribution in [0.15, 0.2) is 30.3 Å². The molecule has 0 saturated carbocycles. The number of benzene rings is 1. The van der Waals surface area contributed by atoms with Gasteiger partial charge in [0, 0.05) is 32.4 Å². The van der Waals surface area contributed by atoms with E-state index in [4.69, 9.17) is 9.84 Å². The monoisotopic (exact) mass is 265 g/mol. The molecule has 1 aromatic rings. The van der Waals surface area contributed by atoms with Crippen LogP contribution in [-0.4, -0.2) is 37.2 Å². The summed E-state index contributed by atoms with van der Waals surface area (Å²) in [5.74, 6) is -0.991. The lowest BCUT2D eigenvalue weighted by Crippen LogP contribution is -2.33. The van der Waals surface area contributed by atoms with Crippen LogP contribution in [0.1, 0.15) is 19.3 Å². The SMILES string of the molecule is COCCCC(=O)N(CCC(=O)O)c1ccccc1. The van der Waals surface area contributed by atoms with Crippen LogP contribution < -0.4 is 4.90 Å². The molecular formula is C14H19NO4. The summed E-state index contributed by atoms with van der Waals surface area (Å²) < 4.78 is 4.91. The number of nitrogens with zero attached hydrogens (tertiary/aromatic N) is 1. The number of carboxylic acid groups (broad SMARTS) is 1. The van der Waals surface area contributed by atoms with Crippen molar-refractivity contribution >= 4 is 17.6 Å². The van der Waals surface area contributed by atoms with Crippen molar-refractivity contribution < 1.29 is 19.4 Å². The maximum absolute atomic E-state index is 12.1. The number of carbonyl (C=O) groups excluding carboxylic acids is 1. The van der Waals surface area contributed by atoms with Gasteiger partial charge in [0.25, 0.3) is 0 Å². The van der Waals surface area contributed by atoms with Gasteiger partial charge >= 0.3 is 5.97 Å². The summed E-state index contributed by atoms with van der Waals surface area (Å²) in [5.41, 5.74) is 0.728. The molecule has 1 aromatic carbocycles. The number of rotatable bonds is 8. The summed E-state index contributed by atoms with van der Waals surface area (Å²) in [7, 11) is 1.59. The number of para-hydroxylation sites is 1. The Morgan fingerprint density at radius 1 is 1.21 bits per heavy atom. The third kappa shape index (κ3) is 5.52. The summed E-state index contributed by atoms with van der Waals surface area (Å²) in [6.07, 6.45) is 0.916. The van der Waals surface area contributed by atoms with E-state index in [1.54, 1.807) is 19.2 Å². The minimum absolute atomic E-state index is 0.0646.